The van der Waals surface area contributed by atoms with Crippen molar-refractivity contribution in [2.75, 3.05) is 26.2 Å². The van der Waals surface area contributed by atoms with Crippen LogP contribution in [0.15, 0.2) is 29.3 Å². The summed E-state index contributed by atoms with van der Waals surface area (Å²) in [5.74, 6) is 0.557. The molecule has 1 aliphatic heterocycles. The number of nitrogens with zero attached hydrogens (tertiary/aromatic N) is 2. The van der Waals surface area contributed by atoms with Gasteiger partial charge in [-0.1, -0.05) is 23.7 Å². The minimum atomic E-state index is -5.26. The Labute approximate surface area is 191 Å². The third-order valence-electron chi connectivity index (χ3n) is 4.33. The number of halogens is 5. The molecule has 0 unspecified atom stereocenters. The maximum Gasteiger partial charge on any atom is 0.511 e. The zero-order chi connectivity index (χ0) is 20.8. The second-order valence-corrected chi connectivity index (χ2v) is 8.77. The van der Waals surface area contributed by atoms with Crippen LogP contribution in [0.1, 0.15) is 25.3 Å². The number of aliphatic imine (C=N–C) groups is 1. The molecule has 6 nitrogen and oxygen atoms in total. The lowest BCUT2D eigenvalue weighted by molar-refractivity contribution is -0.0494. The Hall–Kier alpha value is -0.790. The Bertz CT molecular complexity index is 785. The van der Waals surface area contributed by atoms with Crippen LogP contribution in [0.3, 0.4) is 0 Å². The van der Waals surface area contributed by atoms with Crippen LogP contribution < -0.4 is 10.6 Å². The van der Waals surface area contributed by atoms with E-state index in [1.165, 1.54) is 0 Å². The molecule has 1 aromatic rings. The van der Waals surface area contributed by atoms with Gasteiger partial charge in [-0.3, -0.25) is 4.99 Å². The largest absolute Gasteiger partial charge is 0.511 e. The van der Waals surface area contributed by atoms with Crippen molar-refractivity contribution in [1.82, 2.24) is 14.9 Å². The molecule has 0 amide bonds. The normalized spacial score (nSPS) is 16.9. The van der Waals surface area contributed by atoms with Gasteiger partial charge in [-0.15, -0.1) is 24.0 Å². The van der Waals surface area contributed by atoms with E-state index in [4.69, 9.17) is 11.6 Å². The van der Waals surface area contributed by atoms with Crippen molar-refractivity contribution in [2.24, 2.45) is 4.99 Å². The van der Waals surface area contributed by atoms with E-state index in [0.29, 0.717) is 34.8 Å². The number of sulfonamides is 1. The fraction of sp³-hybridized carbons (Fsp3) is 0.588. The molecule has 1 saturated heterocycles. The van der Waals surface area contributed by atoms with Crippen LogP contribution in [0.25, 0.3) is 0 Å². The Morgan fingerprint density at radius 1 is 1.31 bits per heavy atom. The lowest BCUT2D eigenvalue weighted by Crippen LogP contribution is -2.51. The minimum absolute atomic E-state index is 0. The molecule has 29 heavy (non-hydrogen) atoms. The van der Waals surface area contributed by atoms with Gasteiger partial charge in [-0.2, -0.15) is 17.5 Å². The summed E-state index contributed by atoms with van der Waals surface area (Å²) in [6.07, 6.45) is 1.24. The van der Waals surface area contributed by atoms with E-state index in [1.807, 2.05) is 25.1 Å². The molecule has 0 bridgehead atoms. The monoisotopic (exact) mass is 568 g/mol. The highest BCUT2D eigenvalue weighted by Gasteiger charge is 2.50. The van der Waals surface area contributed by atoms with E-state index >= 15 is 0 Å². The molecular formula is C17H25ClF3IN4O2S. The van der Waals surface area contributed by atoms with Crippen molar-refractivity contribution in [3.63, 3.8) is 0 Å². The van der Waals surface area contributed by atoms with Gasteiger partial charge in [-0.05, 0) is 43.9 Å². The second kappa shape index (κ2) is 11.6. The minimum Gasteiger partial charge on any atom is -0.357 e. The first-order valence-electron chi connectivity index (χ1n) is 8.99. The molecule has 1 aromatic carbocycles. The van der Waals surface area contributed by atoms with Crippen LogP contribution in [0.5, 0.6) is 0 Å². The van der Waals surface area contributed by atoms with Crippen LogP contribution in [-0.2, 0) is 16.4 Å². The van der Waals surface area contributed by atoms with Crippen molar-refractivity contribution in [2.45, 2.75) is 37.7 Å². The van der Waals surface area contributed by atoms with Crippen LogP contribution in [0.2, 0.25) is 5.02 Å². The van der Waals surface area contributed by atoms with Crippen molar-refractivity contribution in [3.8, 4) is 0 Å². The van der Waals surface area contributed by atoms with Crippen LogP contribution in [0.4, 0.5) is 13.2 Å². The maximum atomic E-state index is 12.6. The molecule has 0 saturated carbocycles. The zero-order valence-electron chi connectivity index (χ0n) is 15.9. The van der Waals surface area contributed by atoms with Gasteiger partial charge in [0.1, 0.15) is 0 Å². The number of benzene rings is 1. The fourth-order valence-corrected chi connectivity index (χ4v) is 4.09. The third kappa shape index (κ3) is 7.76. The van der Waals surface area contributed by atoms with Crippen LogP contribution in [-0.4, -0.2) is 56.4 Å². The first-order valence-corrected chi connectivity index (χ1v) is 10.8. The maximum absolute atomic E-state index is 12.6. The van der Waals surface area contributed by atoms with Gasteiger partial charge in [0.25, 0.3) is 0 Å². The summed E-state index contributed by atoms with van der Waals surface area (Å²) in [6.45, 7) is 2.69. The van der Waals surface area contributed by atoms with E-state index in [9.17, 15) is 21.6 Å². The number of rotatable bonds is 6. The Morgan fingerprint density at radius 2 is 1.97 bits per heavy atom. The summed E-state index contributed by atoms with van der Waals surface area (Å²) in [7, 11) is -5.26. The summed E-state index contributed by atoms with van der Waals surface area (Å²) >= 11 is 5.96. The van der Waals surface area contributed by atoms with Crippen LogP contribution in [0, 0.1) is 0 Å². The molecule has 0 spiro atoms. The average molecular weight is 569 g/mol. The molecule has 1 fully saturated rings. The molecule has 1 aliphatic rings. The highest BCUT2D eigenvalue weighted by atomic mass is 127. The summed E-state index contributed by atoms with van der Waals surface area (Å²) < 4.78 is 61.4. The molecule has 0 aromatic heterocycles. The van der Waals surface area contributed by atoms with E-state index in [2.05, 4.69) is 15.6 Å². The predicted octanol–water partition coefficient (Wildman–Crippen LogP) is 3.37. The van der Waals surface area contributed by atoms with Crippen LogP contribution >= 0.6 is 35.6 Å². The smallest absolute Gasteiger partial charge is 0.357 e. The van der Waals surface area contributed by atoms with E-state index in [1.54, 1.807) is 6.07 Å². The summed E-state index contributed by atoms with van der Waals surface area (Å²) in [5, 5.41) is 6.93. The summed E-state index contributed by atoms with van der Waals surface area (Å²) in [6, 6.07) is 7.34. The number of piperidine rings is 1. The molecule has 0 aliphatic carbocycles. The fourth-order valence-electron chi connectivity index (χ4n) is 2.89. The molecule has 166 valence electrons. The van der Waals surface area contributed by atoms with Gasteiger partial charge in [0, 0.05) is 37.2 Å². The summed E-state index contributed by atoms with van der Waals surface area (Å²) in [4.78, 5) is 4.48. The Kier molecular flexibility index (Phi) is 10.5. The van der Waals surface area contributed by atoms with Crippen molar-refractivity contribution in [3.05, 3.63) is 34.9 Å². The lowest BCUT2D eigenvalue weighted by Gasteiger charge is -2.32. The first kappa shape index (κ1) is 26.2. The van der Waals surface area contributed by atoms with Gasteiger partial charge in [-0.25, -0.2) is 8.42 Å². The SMILES string of the molecule is CCNC(=NCCc1cccc(Cl)c1)NC1CCN(S(=O)(=O)C(F)(F)F)CC1.I. The molecule has 0 atom stereocenters. The van der Waals surface area contributed by atoms with E-state index in [0.717, 1.165) is 5.56 Å². The van der Waals surface area contributed by atoms with Gasteiger partial charge in [0.05, 0.1) is 0 Å². The molecule has 2 N–H and O–H groups in total. The second-order valence-electron chi connectivity index (χ2n) is 6.41. The topological polar surface area (TPSA) is 73.8 Å². The van der Waals surface area contributed by atoms with Gasteiger partial charge in [0.15, 0.2) is 5.96 Å². The summed E-state index contributed by atoms with van der Waals surface area (Å²) in [5.41, 5.74) is -4.21. The molecule has 0 radical (unpaired) electrons. The predicted molar refractivity (Wildman–Crippen MR) is 119 cm³/mol. The Balaban J connectivity index is 0.00000420. The number of alkyl halides is 3. The van der Waals surface area contributed by atoms with Gasteiger partial charge < -0.3 is 10.6 Å². The highest BCUT2D eigenvalue weighted by Crippen LogP contribution is 2.28. The number of guanidine groups is 1. The van der Waals surface area contributed by atoms with E-state index < -0.39 is 15.5 Å². The van der Waals surface area contributed by atoms with Crippen molar-refractivity contribution >= 4 is 51.6 Å². The molecule has 1 heterocycles. The van der Waals surface area contributed by atoms with Crippen molar-refractivity contribution in [1.29, 1.82) is 0 Å². The number of hydrogen-bond acceptors (Lipinski definition) is 3. The average Bonchev–Trinajstić information content (AvgIpc) is 2.61. The molecule has 2 rings (SSSR count). The third-order valence-corrected chi connectivity index (χ3v) is 6.20. The van der Waals surface area contributed by atoms with Crippen molar-refractivity contribution < 1.29 is 21.6 Å². The first-order chi connectivity index (χ1) is 13.1. The van der Waals surface area contributed by atoms with E-state index in [-0.39, 0.29) is 55.9 Å². The number of nitrogens with one attached hydrogen (secondary N) is 2. The lowest BCUT2D eigenvalue weighted by atomic mass is 10.1. The highest BCUT2D eigenvalue weighted by molar-refractivity contribution is 14.0. The number of hydrogen-bond donors (Lipinski definition) is 2. The Morgan fingerprint density at radius 3 is 2.52 bits per heavy atom. The van der Waals surface area contributed by atoms with Gasteiger partial charge in [0.2, 0.25) is 0 Å². The standard InChI is InChI=1S/C17H24ClF3N4O2S.HI/c1-2-22-16(23-9-6-13-4-3-5-14(18)12-13)24-15-7-10-25(11-8-15)28(26,27)17(19,20)21;/h3-5,12,15H,2,6-11H2,1H3,(H2,22,23,24);1H. The zero-order valence-corrected chi connectivity index (χ0v) is 19.8. The molecule has 12 heteroatoms. The molecular weight excluding hydrogens is 544 g/mol. The quantitative estimate of drug-likeness (QED) is 0.314. The van der Waals surface area contributed by atoms with Gasteiger partial charge >= 0.3 is 15.5 Å².